The van der Waals surface area contributed by atoms with Crippen LogP contribution in [0.3, 0.4) is 0 Å². The van der Waals surface area contributed by atoms with Crippen LogP contribution < -0.4 is 0 Å². The van der Waals surface area contributed by atoms with Gasteiger partial charge in [0.15, 0.2) is 0 Å². The Hall–Kier alpha value is -1.65. The second kappa shape index (κ2) is 7.06. The van der Waals surface area contributed by atoms with Crippen molar-refractivity contribution in [3.63, 3.8) is 0 Å². The summed E-state index contributed by atoms with van der Waals surface area (Å²) in [5, 5.41) is 0. The standard InChI is InChI=1S/C23H31NO3/c1-17-15-24(19-9-10-22(14-19,16-26-2)21(25)27-3)13-12-23(17)11-8-18-6-4-5-7-20(18)23/h4-8,11,17,19H,9-10,12-16H2,1-3H3/t17-,19?,22?,23-/m0/s1. The Balaban J connectivity index is 1.48. The van der Waals surface area contributed by atoms with E-state index in [2.05, 4.69) is 48.2 Å². The average molecular weight is 370 g/mol. The molecule has 3 aliphatic rings. The second-order valence-corrected chi connectivity index (χ2v) is 8.71. The lowest BCUT2D eigenvalue weighted by molar-refractivity contribution is -0.156. The monoisotopic (exact) mass is 369 g/mol. The minimum atomic E-state index is -0.466. The predicted octanol–water partition coefficient (Wildman–Crippen LogP) is 3.65. The number of allylic oxidation sites excluding steroid dienone is 1. The molecule has 1 aliphatic heterocycles. The van der Waals surface area contributed by atoms with E-state index in [0.717, 1.165) is 38.8 Å². The summed E-state index contributed by atoms with van der Waals surface area (Å²) in [5.74, 6) is 0.447. The number of methoxy groups -OCH3 is 2. The molecule has 2 aliphatic carbocycles. The van der Waals surface area contributed by atoms with E-state index in [-0.39, 0.29) is 11.4 Å². The van der Waals surface area contributed by atoms with E-state index < -0.39 is 5.41 Å². The zero-order chi connectivity index (χ0) is 19.1. The largest absolute Gasteiger partial charge is 0.469 e. The molecule has 1 saturated carbocycles. The fourth-order valence-electron chi connectivity index (χ4n) is 5.83. The molecule has 1 aromatic carbocycles. The van der Waals surface area contributed by atoms with E-state index in [1.54, 1.807) is 7.11 Å². The van der Waals surface area contributed by atoms with Gasteiger partial charge in [-0.2, -0.15) is 0 Å². The molecular formula is C23H31NO3. The smallest absolute Gasteiger partial charge is 0.314 e. The van der Waals surface area contributed by atoms with Crippen molar-refractivity contribution in [3.8, 4) is 0 Å². The molecule has 0 bridgehead atoms. The number of rotatable bonds is 4. The minimum absolute atomic E-state index is 0.110. The first-order chi connectivity index (χ1) is 13.0. The van der Waals surface area contributed by atoms with Crippen molar-refractivity contribution in [2.75, 3.05) is 33.9 Å². The highest BCUT2D eigenvalue weighted by Crippen LogP contribution is 2.49. The van der Waals surface area contributed by atoms with Crippen LogP contribution in [0.2, 0.25) is 0 Å². The third kappa shape index (κ3) is 2.94. The number of esters is 1. The lowest BCUT2D eigenvalue weighted by atomic mass is 9.68. The van der Waals surface area contributed by atoms with Crippen LogP contribution in [0.25, 0.3) is 6.08 Å². The summed E-state index contributed by atoms with van der Waals surface area (Å²) in [6, 6.07) is 9.27. The fourth-order valence-corrected chi connectivity index (χ4v) is 5.83. The first-order valence-electron chi connectivity index (χ1n) is 10.1. The van der Waals surface area contributed by atoms with Crippen molar-refractivity contribution in [1.82, 2.24) is 4.90 Å². The van der Waals surface area contributed by atoms with Crippen molar-refractivity contribution < 1.29 is 14.3 Å². The molecule has 4 heteroatoms. The van der Waals surface area contributed by atoms with Gasteiger partial charge in [0.25, 0.3) is 0 Å². The Morgan fingerprint density at radius 2 is 2.07 bits per heavy atom. The SMILES string of the molecule is COCC1(C(=O)OC)CCC(N2CC[C@@]3(C=Cc4ccccc43)[C@@H](C)C2)C1. The summed E-state index contributed by atoms with van der Waals surface area (Å²) >= 11 is 0. The molecule has 0 radical (unpaired) electrons. The minimum Gasteiger partial charge on any atom is -0.469 e. The number of hydrogen-bond donors (Lipinski definition) is 0. The average Bonchev–Trinajstić information content (AvgIpc) is 3.28. The topological polar surface area (TPSA) is 38.8 Å². The van der Waals surface area contributed by atoms with Crippen molar-refractivity contribution in [2.45, 2.75) is 44.1 Å². The predicted molar refractivity (Wildman–Crippen MR) is 106 cm³/mol. The zero-order valence-electron chi connectivity index (χ0n) is 16.7. The first-order valence-corrected chi connectivity index (χ1v) is 10.1. The Kier molecular flexibility index (Phi) is 4.89. The van der Waals surface area contributed by atoms with Crippen molar-refractivity contribution in [3.05, 3.63) is 41.5 Å². The van der Waals surface area contributed by atoms with Gasteiger partial charge < -0.3 is 9.47 Å². The van der Waals surface area contributed by atoms with Crippen LogP contribution in [0.5, 0.6) is 0 Å². The molecule has 1 spiro atoms. The summed E-state index contributed by atoms with van der Waals surface area (Å²) in [7, 11) is 3.16. The lowest BCUT2D eigenvalue weighted by Gasteiger charge is -2.46. The maximum Gasteiger partial charge on any atom is 0.314 e. The molecule has 1 aromatic rings. The highest BCUT2D eigenvalue weighted by atomic mass is 16.5. The zero-order valence-corrected chi connectivity index (χ0v) is 16.7. The quantitative estimate of drug-likeness (QED) is 0.760. The number of piperidine rings is 1. The number of fused-ring (bicyclic) bond motifs is 2. The van der Waals surface area contributed by atoms with E-state index in [4.69, 9.17) is 9.47 Å². The molecular weight excluding hydrogens is 338 g/mol. The van der Waals surface area contributed by atoms with Gasteiger partial charge in [-0.25, -0.2) is 0 Å². The number of carbonyl (C=O) groups is 1. The Morgan fingerprint density at radius 3 is 2.81 bits per heavy atom. The summed E-state index contributed by atoms with van der Waals surface area (Å²) < 4.78 is 10.5. The van der Waals surface area contributed by atoms with Gasteiger partial charge in [-0.3, -0.25) is 9.69 Å². The molecule has 4 atom stereocenters. The van der Waals surface area contributed by atoms with Crippen LogP contribution >= 0.6 is 0 Å². The highest BCUT2D eigenvalue weighted by molar-refractivity contribution is 5.77. The number of nitrogens with zero attached hydrogens (tertiary/aromatic N) is 1. The van der Waals surface area contributed by atoms with Crippen LogP contribution in [0.4, 0.5) is 0 Å². The molecule has 4 rings (SSSR count). The van der Waals surface area contributed by atoms with Crippen LogP contribution in [-0.2, 0) is 19.7 Å². The molecule has 4 nitrogen and oxygen atoms in total. The fraction of sp³-hybridized carbons (Fsp3) is 0.609. The normalized spacial score (nSPS) is 35.5. The van der Waals surface area contributed by atoms with E-state index in [0.29, 0.717) is 18.6 Å². The maximum absolute atomic E-state index is 12.4. The summed E-state index contributed by atoms with van der Waals surface area (Å²) in [6.45, 7) is 5.00. The summed E-state index contributed by atoms with van der Waals surface area (Å²) in [4.78, 5) is 15.0. The highest BCUT2D eigenvalue weighted by Gasteiger charge is 2.50. The van der Waals surface area contributed by atoms with E-state index in [1.807, 2.05) is 0 Å². The maximum atomic E-state index is 12.4. The number of hydrogen-bond acceptors (Lipinski definition) is 4. The Morgan fingerprint density at radius 1 is 1.26 bits per heavy atom. The van der Waals surface area contributed by atoms with Gasteiger partial charge in [0, 0.05) is 25.1 Å². The molecule has 0 aromatic heterocycles. The third-order valence-electron chi connectivity index (χ3n) is 7.36. The van der Waals surface area contributed by atoms with Gasteiger partial charge in [-0.1, -0.05) is 43.3 Å². The molecule has 1 heterocycles. The third-order valence-corrected chi connectivity index (χ3v) is 7.36. The van der Waals surface area contributed by atoms with Gasteiger partial charge in [-0.05, 0) is 49.3 Å². The van der Waals surface area contributed by atoms with Crippen LogP contribution in [0.1, 0.15) is 43.7 Å². The number of benzene rings is 1. The van der Waals surface area contributed by atoms with Gasteiger partial charge >= 0.3 is 5.97 Å². The molecule has 2 unspecified atom stereocenters. The number of ether oxygens (including phenoxy) is 2. The van der Waals surface area contributed by atoms with Crippen LogP contribution in [0, 0.1) is 11.3 Å². The van der Waals surface area contributed by atoms with Crippen molar-refractivity contribution >= 4 is 12.0 Å². The number of likely N-dealkylation sites (tertiary alicyclic amines) is 1. The summed E-state index contributed by atoms with van der Waals surface area (Å²) in [5.41, 5.74) is 2.58. The molecule has 146 valence electrons. The molecule has 0 amide bonds. The molecule has 2 fully saturated rings. The van der Waals surface area contributed by atoms with Gasteiger partial charge in [0.2, 0.25) is 0 Å². The first kappa shape index (κ1) is 18.7. The number of carbonyl (C=O) groups excluding carboxylic acids is 1. The lowest BCUT2D eigenvalue weighted by Crippen LogP contribution is -2.51. The molecule has 0 N–H and O–H groups in total. The van der Waals surface area contributed by atoms with E-state index >= 15 is 0 Å². The van der Waals surface area contributed by atoms with Gasteiger partial charge in [0.1, 0.15) is 0 Å². The van der Waals surface area contributed by atoms with Crippen molar-refractivity contribution in [2.24, 2.45) is 11.3 Å². The van der Waals surface area contributed by atoms with Crippen molar-refractivity contribution in [1.29, 1.82) is 0 Å². The second-order valence-electron chi connectivity index (χ2n) is 8.71. The molecule has 1 saturated heterocycles. The molecule has 27 heavy (non-hydrogen) atoms. The summed E-state index contributed by atoms with van der Waals surface area (Å²) in [6.07, 6.45) is 8.64. The van der Waals surface area contributed by atoms with Gasteiger partial charge in [-0.15, -0.1) is 0 Å². The Bertz CT molecular complexity index is 745. The van der Waals surface area contributed by atoms with E-state index in [9.17, 15) is 4.79 Å². The van der Waals surface area contributed by atoms with Crippen LogP contribution in [0.15, 0.2) is 30.3 Å². The van der Waals surface area contributed by atoms with Crippen LogP contribution in [-0.4, -0.2) is 50.8 Å². The van der Waals surface area contributed by atoms with E-state index in [1.165, 1.54) is 18.2 Å². The Labute approximate surface area is 162 Å². The van der Waals surface area contributed by atoms with Gasteiger partial charge in [0.05, 0.1) is 19.1 Å².